The van der Waals surface area contributed by atoms with Crippen LogP contribution in [-0.2, 0) is 28.2 Å². The predicted molar refractivity (Wildman–Crippen MR) is 79.2 cm³/mol. The van der Waals surface area contributed by atoms with Gasteiger partial charge in [0.05, 0.1) is 0 Å². The molecule has 1 aliphatic rings. The summed E-state index contributed by atoms with van der Waals surface area (Å²) in [6.07, 6.45) is 1.27. The molecule has 2 aromatic rings. The van der Waals surface area contributed by atoms with Crippen molar-refractivity contribution >= 4 is 0 Å². The zero-order valence-electron chi connectivity index (χ0n) is 12.0. The molecule has 0 aliphatic heterocycles. The fraction of sp³-hybridized carbons (Fsp3) is 0.333. The molecule has 2 atom stereocenters. The summed E-state index contributed by atoms with van der Waals surface area (Å²) in [7, 11) is 0. The fourth-order valence-corrected chi connectivity index (χ4v) is 8.92. The average molecular weight is 329 g/mol. The van der Waals surface area contributed by atoms with Gasteiger partial charge in [-0.05, 0) is 0 Å². The molecule has 0 fully saturated rings. The number of benzene rings is 2. The second-order valence-electron chi connectivity index (χ2n) is 5.98. The number of hydrogen-bond donors (Lipinski definition) is 0. The molecule has 0 saturated carbocycles. The molecule has 0 saturated heterocycles. The van der Waals surface area contributed by atoms with Gasteiger partial charge in [0.1, 0.15) is 0 Å². The summed E-state index contributed by atoms with van der Waals surface area (Å²) in [5, 5.41) is 0. The van der Waals surface area contributed by atoms with E-state index in [1.165, 1.54) is 17.5 Å². The SMILES string of the molecule is CC1Cc2c(-c3ccccc3)cccc2[CH]1[Zr]([CH3])[CH3]. The van der Waals surface area contributed by atoms with Crippen molar-refractivity contribution in [3.05, 3.63) is 59.7 Å². The van der Waals surface area contributed by atoms with Crippen LogP contribution in [0.2, 0.25) is 9.26 Å². The third-order valence-corrected chi connectivity index (χ3v) is 9.57. The topological polar surface area (TPSA) is 0 Å². The zero-order valence-corrected chi connectivity index (χ0v) is 14.4. The van der Waals surface area contributed by atoms with Crippen molar-refractivity contribution in [1.82, 2.24) is 0 Å². The molecule has 0 nitrogen and oxygen atoms in total. The fourth-order valence-electron chi connectivity index (χ4n) is 3.64. The molecule has 19 heavy (non-hydrogen) atoms. The van der Waals surface area contributed by atoms with Gasteiger partial charge in [-0.1, -0.05) is 0 Å². The summed E-state index contributed by atoms with van der Waals surface area (Å²) < 4.78 is 6.02. The molecular weight excluding hydrogens is 307 g/mol. The van der Waals surface area contributed by atoms with Crippen molar-refractivity contribution in [3.8, 4) is 11.1 Å². The van der Waals surface area contributed by atoms with Gasteiger partial charge < -0.3 is 0 Å². The maximum atomic E-state index is 2.55. The van der Waals surface area contributed by atoms with Gasteiger partial charge in [-0.15, -0.1) is 0 Å². The van der Waals surface area contributed by atoms with Gasteiger partial charge in [-0.2, -0.15) is 0 Å². The first kappa shape index (κ1) is 13.3. The number of fused-ring (bicyclic) bond motifs is 1. The maximum absolute atomic E-state index is 2.55. The normalized spacial score (nSPS) is 21.2. The second kappa shape index (κ2) is 5.37. The molecule has 0 bridgehead atoms. The summed E-state index contributed by atoms with van der Waals surface area (Å²) in [4.78, 5) is 0. The molecule has 1 heteroatoms. The standard InChI is InChI=1S/C16H15.2CH3.Zr/c1-12-10-14-8-5-9-15(16(14)11-12)13-6-3-2-4-7-13;;;/h2-10,12H,11H2,1H3;2*1H3;. The number of rotatable bonds is 2. The molecule has 3 rings (SSSR count). The van der Waals surface area contributed by atoms with E-state index in [0.29, 0.717) is 0 Å². The van der Waals surface area contributed by atoms with Crippen LogP contribution >= 0.6 is 0 Å². The summed E-state index contributed by atoms with van der Waals surface area (Å²) in [5.41, 5.74) is 6.16. The van der Waals surface area contributed by atoms with Crippen LogP contribution in [0.1, 0.15) is 21.7 Å². The summed E-state index contributed by atoms with van der Waals surface area (Å²) in [6, 6.07) is 17.8. The minimum absolute atomic E-state index is 0.851. The first-order valence-corrected chi connectivity index (χ1v) is 13.5. The predicted octanol–water partition coefficient (Wildman–Crippen LogP) is 5.30. The van der Waals surface area contributed by atoms with Crippen molar-refractivity contribution in [2.24, 2.45) is 5.92 Å². The average Bonchev–Trinajstić information content (AvgIpc) is 2.75. The van der Waals surface area contributed by atoms with E-state index in [-0.39, 0.29) is 0 Å². The van der Waals surface area contributed by atoms with Crippen LogP contribution in [-0.4, -0.2) is 0 Å². The molecule has 0 amide bonds. The second-order valence-corrected chi connectivity index (χ2v) is 12.8. The summed E-state index contributed by atoms with van der Waals surface area (Å²) in [6.45, 7) is 2.45. The van der Waals surface area contributed by atoms with E-state index in [4.69, 9.17) is 0 Å². The minimum atomic E-state index is -1.20. The van der Waals surface area contributed by atoms with Crippen molar-refractivity contribution in [2.75, 3.05) is 0 Å². The summed E-state index contributed by atoms with van der Waals surface area (Å²) >= 11 is -1.20. The van der Waals surface area contributed by atoms with Crippen LogP contribution in [0.15, 0.2) is 48.5 Å². The van der Waals surface area contributed by atoms with E-state index in [2.05, 4.69) is 64.7 Å². The Labute approximate surface area is 124 Å². The van der Waals surface area contributed by atoms with Gasteiger partial charge in [0, 0.05) is 0 Å². The van der Waals surface area contributed by atoms with Gasteiger partial charge >= 0.3 is 125 Å². The quantitative estimate of drug-likeness (QED) is 0.701. The molecule has 0 N–H and O–H groups in total. The van der Waals surface area contributed by atoms with E-state index >= 15 is 0 Å². The van der Waals surface area contributed by atoms with E-state index in [1.807, 2.05) is 0 Å². The summed E-state index contributed by atoms with van der Waals surface area (Å²) in [5.74, 6) is 0.851. The first-order chi connectivity index (χ1) is 9.18. The molecule has 2 aromatic carbocycles. The molecular formula is C18H21Zr. The van der Waals surface area contributed by atoms with Gasteiger partial charge in [-0.3, -0.25) is 0 Å². The van der Waals surface area contributed by atoms with Gasteiger partial charge in [0.15, 0.2) is 0 Å². The van der Waals surface area contributed by atoms with Crippen molar-refractivity contribution in [1.29, 1.82) is 0 Å². The molecule has 0 spiro atoms. The van der Waals surface area contributed by atoms with Gasteiger partial charge in [0.2, 0.25) is 0 Å². The van der Waals surface area contributed by atoms with Crippen molar-refractivity contribution in [3.63, 3.8) is 0 Å². The van der Waals surface area contributed by atoms with E-state index < -0.39 is 21.8 Å². The zero-order chi connectivity index (χ0) is 13.4. The van der Waals surface area contributed by atoms with E-state index in [0.717, 1.165) is 9.54 Å². The molecule has 97 valence electrons. The van der Waals surface area contributed by atoms with E-state index in [9.17, 15) is 0 Å². The molecule has 0 aromatic heterocycles. The van der Waals surface area contributed by atoms with Crippen LogP contribution in [0.25, 0.3) is 11.1 Å². The Hall–Kier alpha value is -0.677. The monoisotopic (exact) mass is 327 g/mol. The molecule has 1 aliphatic carbocycles. The Kier molecular flexibility index (Phi) is 3.76. The van der Waals surface area contributed by atoms with Gasteiger partial charge in [-0.25, -0.2) is 0 Å². The Morgan fingerprint density at radius 3 is 2.37 bits per heavy atom. The van der Waals surface area contributed by atoms with Crippen LogP contribution in [0.3, 0.4) is 0 Å². The molecule has 0 heterocycles. The Morgan fingerprint density at radius 1 is 0.947 bits per heavy atom. The van der Waals surface area contributed by atoms with Crippen molar-refractivity contribution in [2.45, 2.75) is 26.2 Å². The van der Waals surface area contributed by atoms with Crippen molar-refractivity contribution < 1.29 is 21.8 Å². The van der Waals surface area contributed by atoms with Crippen LogP contribution in [0, 0.1) is 5.92 Å². The molecule has 2 unspecified atom stereocenters. The first-order valence-electron chi connectivity index (χ1n) is 7.15. The van der Waals surface area contributed by atoms with Gasteiger partial charge in [0.25, 0.3) is 0 Å². The Balaban J connectivity index is 2.12. The third kappa shape index (κ3) is 2.38. The van der Waals surface area contributed by atoms with Crippen LogP contribution in [0.5, 0.6) is 0 Å². The van der Waals surface area contributed by atoms with Crippen LogP contribution < -0.4 is 0 Å². The van der Waals surface area contributed by atoms with E-state index in [1.54, 1.807) is 11.1 Å². The molecule has 0 radical (unpaired) electrons. The number of hydrogen-bond acceptors (Lipinski definition) is 0. The van der Waals surface area contributed by atoms with Crippen LogP contribution in [0.4, 0.5) is 0 Å². The Morgan fingerprint density at radius 2 is 1.68 bits per heavy atom. The third-order valence-electron chi connectivity index (χ3n) is 4.35. The Bertz CT molecular complexity index is 571.